The Morgan fingerprint density at radius 1 is 1.05 bits per heavy atom. The summed E-state index contributed by atoms with van der Waals surface area (Å²) in [5.41, 5.74) is 0. The zero-order chi connectivity index (χ0) is 15.1. The molecule has 116 valence electrons. The molecule has 0 aliphatic carbocycles. The van der Waals surface area contributed by atoms with Gasteiger partial charge in [-0.2, -0.15) is 0 Å². The fourth-order valence-corrected chi connectivity index (χ4v) is 3.88. The van der Waals surface area contributed by atoms with Gasteiger partial charge in [-0.1, -0.05) is 6.07 Å². The molecule has 3 fully saturated rings. The van der Waals surface area contributed by atoms with Crippen LogP contribution in [0.1, 0.15) is 25.7 Å². The molecule has 0 aromatic carbocycles. The molecule has 3 aliphatic heterocycles. The Labute approximate surface area is 129 Å². The van der Waals surface area contributed by atoms with Gasteiger partial charge in [-0.15, -0.1) is 0 Å². The van der Waals surface area contributed by atoms with E-state index in [4.69, 9.17) is 0 Å². The molecular weight excluding hydrogens is 280 g/mol. The number of fused-ring (bicyclic) bond motifs is 1. The molecule has 0 radical (unpaired) electrons. The molecule has 4 rings (SSSR count). The lowest BCUT2D eigenvalue weighted by atomic mass is 10.0. The smallest absolute Gasteiger partial charge is 0.327 e. The van der Waals surface area contributed by atoms with Crippen molar-refractivity contribution in [2.75, 3.05) is 24.5 Å². The maximum Gasteiger partial charge on any atom is 0.327 e. The molecule has 0 saturated carbocycles. The third kappa shape index (κ3) is 2.05. The predicted molar refractivity (Wildman–Crippen MR) is 81.4 cm³/mol. The van der Waals surface area contributed by atoms with Crippen LogP contribution >= 0.6 is 0 Å². The first-order valence-corrected chi connectivity index (χ1v) is 8.05. The standard InChI is InChI=1S/C16H20N4O2/c21-15-13-4-3-9-19(13)16(22)20(15)12-6-10-18(11-7-12)14-5-1-2-8-17-14/h1-2,5,8,12-13H,3-4,6-7,9-11H2/t13-/m1/s1. The second-order valence-corrected chi connectivity index (χ2v) is 6.25. The number of pyridine rings is 1. The minimum absolute atomic E-state index is 0.0267. The van der Waals surface area contributed by atoms with Crippen molar-refractivity contribution >= 4 is 17.8 Å². The Hall–Kier alpha value is -2.11. The summed E-state index contributed by atoms with van der Waals surface area (Å²) in [4.78, 5) is 34.8. The number of aromatic nitrogens is 1. The van der Waals surface area contributed by atoms with Crippen LogP contribution in [-0.2, 0) is 4.79 Å². The molecule has 3 aliphatic rings. The van der Waals surface area contributed by atoms with E-state index in [9.17, 15) is 9.59 Å². The van der Waals surface area contributed by atoms with Crippen LogP contribution in [0, 0.1) is 0 Å². The lowest BCUT2D eigenvalue weighted by Crippen LogP contribution is -2.48. The summed E-state index contributed by atoms with van der Waals surface area (Å²) in [7, 11) is 0. The van der Waals surface area contributed by atoms with E-state index in [-0.39, 0.29) is 24.0 Å². The van der Waals surface area contributed by atoms with E-state index in [2.05, 4.69) is 9.88 Å². The van der Waals surface area contributed by atoms with Crippen LogP contribution in [-0.4, -0.2) is 58.4 Å². The maximum absolute atomic E-state index is 12.5. The van der Waals surface area contributed by atoms with E-state index in [1.165, 1.54) is 0 Å². The number of imide groups is 1. The van der Waals surface area contributed by atoms with E-state index in [1.807, 2.05) is 18.2 Å². The van der Waals surface area contributed by atoms with Gasteiger partial charge >= 0.3 is 6.03 Å². The second-order valence-electron chi connectivity index (χ2n) is 6.25. The van der Waals surface area contributed by atoms with Crippen LogP contribution in [0.4, 0.5) is 10.6 Å². The van der Waals surface area contributed by atoms with Crippen LogP contribution in [0.2, 0.25) is 0 Å². The highest BCUT2D eigenvalue weighted by molar-refractivity contribution is 6.04. The van der Waals surface area contributed by atoms with Crippen LogP contribution < -0.4 is 4.90 Å². The van der Waals surface area contributed by atoms with E-state index in [1.54, 1.807) is 16.0 Å². The minimum Gasteiger partial charge on any atom is -0.356 e. The van der Waals surface area contributed by atoms with E-state index in [0.29, 0.717) is 0 Å². The molecular formula is C16H20N4O2. The number of amides is 3. The van der Waals surface area contributed by atoms with Gasteiger partial charge in [0, 0.05) is 31.9 Å². The van der Waals surface area contributed by atoms with Crippen molar-refractivity contribution in [2.24, 2.45) is 0 Å². The summed E-state index contributed by atoms with van der Waals surface area (Å²) >= 11 is 0. The van der Waals surface area contributed by atoms with Gasteiger partial charge in [0.05, 0.1) is 0 Å². The van der Waals surface area contributed by atoms with Gasteiger partial charge < -0.3 is 9.80 Å². The average Bonchev–Trinajstić information content (AvgIpc) is 3.13. The Balaban J connectivity index is 1.44. The first kappa shape index (κ1) is 13.5. The highest BCUT2D eigenvalue weighted by Gasteiger charge is 2.50. The van der Waals surface area contributed by atoms with E-state index in [0.717, 1.165) is 51.1 Å². The third-order valence-electron chi connectivity index (χ3n) is 5.03. The van der Waals surface area contributed by atoms with Crippen LogP contribution in [0.15, 0.2) is 24.4 Å². The highest BCUT2D eigenvalue weighted by atomic mass is 16.2. The number of rotatable bonds is 2. The molecule has 3 amide bonds. The molecule has 1 atom stereocenters. The third-order valence-corrected chi connectivity index (χ3v) is 5.03. The number of urea groups is 1. The fraction of sp³-hybridized carbons (Fsp3) is 0.562. The largest absolute Gasteiger partial charge is 0.356 e. The van der Waals surface area contributed by atoms with Gasteiger partial charge in [-0.05, 0) is 37.8 Å². The summed E-state index contributed by atoms with van der Waals surface area (Å²) in [5.74, 6) is 0.999. The van der Waals surface area contributed by atoms with Crippen LogP contribution in [0.25, 0.3) is 0 Å². The molecule has 6 nitrogen and oxygen atoms in total. The Bertz CT molecular complexity index is 561. The normalized spacial score (nSPS) is 26.0. The van der Waals surface area contributed by atoms with Crippen molar-refractivity contribution in [3.05, 3.63) is 24.4 Å². The number of hydrogen-bond acceptors (Lipinski definition) is 4. The first-order chi connectivity index (χ1) is 10.8. The van der Waals surface area contributed by atoms with Crippen molar-refractivity contribution in [1.29, 1.82) is 0 Å². The number of anilines is 1. The number of carbonyl (C=O) groups is 2. The topological polar surface area (TPSA) is 56.8 Å². The summed E-state index contributed by atoms with van der Waals surface area (Å²) < 4.78 is 0. The summed E-state index contributed by atoms with van der Waals surface area (Å²) in [5, 5.41) is 0. The van der Waals surface area contributed by atoms with Gasteiger partial charge in [0.1, 0.15) is 11.9 Å². The Kier molecular flexibility index (Phi) is 3.24. The summed E-state index contributed by atoms with van der Waals surface area (Å²) in [6, 6.07) is 5.69. The molecule has 3 saturated heterocycles. The molecule has 4 heterocycles. The van der Waals surface area contributed by atoms with E-state index < -0.39 is 0 Å². The second kappa shape index (κ2) is 5.26. The van der Waals surface area contributed by atoms with Gasteiger partial charge in [0.25, 0.3) is 5.91 Å². The molecule has 0 unspecified atom stereocenters. The molecule has 0 N–H and O–H groups in total. The lowest BCUT2D eigenvalue weighted by Gasteiger charge is -2.36. The molecule has 22 heavy (non-hydrogen) atoms. The van der Waals surface area contributed by atoms with Gasteiger partial charge in [0.2, 0.25) is 0 Å². The van der Waals surface area contributed by atoms with Gasteiger partial charge in [0.15, 0.2) is 0 Å². The molecule has 6 heteroatoms. The SMILES string of the molecule is O=C1[C@H]2CCCN2C(=O)N1C1CCN(c2ccccn2)CC1. The van der Waals surface area contributed by atoms with Crippen molar-refractivity contribution in [2.45, 2.75) is 37.8 Å². The number of nitrogens with zero attached hydrogens (tertiary/aromatic N) is 4. The molecule has 0 spiro atoms. The Morgan fingerprint density at radius 2 is 1.86 bits per heavy atom. The van der Waals surface area contributed by atoms with Crippen molar-refractivity contribution in [3.63, 3.8) is 0 Å². The quantitative estimate of drug-likeness (QED) is 0.776. The number of carbonyl (C=O) groups excluding carboxylic acids is 2. The Morgan fingerprint density at radius 3 is 2.55 bits per heavy atom. The lowest BCUT2D eigenvalue weighted by molar-refractivity contribution is -0.129. The highest BCUT2D eigenvalue weighted by Crippen LogP contribution is 2.31. The zero-order valence-corrected chi connectivity index (χ0v) is 12.5. The van der Waals surface area contributed by atoms with Crippen molar-refractivity contribution in [3.8, 4) is 0 Å². The minimum atomic E-state index is -0.179. The number of hydrogen-bond donors (Lipinski definition) is 0. The monoisotopic (exact) mass is 300 g/mol. The van der Waals surface area contributed by atoms with Crippen molar-refractivity contribution in [1.82, 2.24) is 14.8 Å². The van der Waals surface area contributed by atoms with Gasteiger partial charge in [-0.25, -0.2) is 9.78 Å². The fourth-order valence-electron chi connectivity index (χ4n) is 3.88. The summed E-state index contributed by atoms with van der Waals surface area (Å²) in [6.45, 7) is 2.41. The van der Waals surface area contributed by atoms with Crippen molar-refractivity contribution < 1.29 is 9.59 Å². The predicted octanol–water partition coefficient (Wildman–Crippen LogP) is 1.48. The zero-order valence-electron chi connectivity index (χ0n) is 12.5. The maximum atomic E-state index is 12.5. The average molecular weight is 300 g/mol. The van der Waals surface area contributed by atoms with Crippen LogP contribution in [0.3, 0.4) is 0 Å². The molecule has 1 aromatic rings. The molecule has 1 aromatic heterocycles. The van der Waals surface area contributed by atoms with Gasteiger partial charge in [-0.3, -0.25) is 9.69 Å². The van der Waals surface area contributed by atoms with E-state index >= 15 is 0 Å². The summed E-state index contributed by atoms with van der Waals surface area (Å²) in [6.07, 6.45) is 5.23. The molecule has 0 bridgehead atoms. The number of piperidine rings is 1. The first-order valence-electron chi connectivity index (χ1n) is 8.05. The van der Waals surface area contributed by atoms with Crippen LogP contribution in [0.5, 0.6) is 0 Å².